The first-order valence-corrected chi connectivity index (χ1v) is 8.12. The quantitative estimate of drug-likeness (QED) is 0.713. The van der Waals surface area contributed by atoms with E-state index in [9.17, 15) is 26.5 Å². The van der Waals surface area contributed by atoms with Crippen molar-refractivity contribution in [3.05, 3.63) is 29.8 Å². The third-order valence-corrected chi connectivity index (χ3v) is 4.80. The molecule has 108 valence electrons. The van der Waals surface area contributed by atoms with Gasteiger partial charge >= 0.3 is 0 Å². The third-order valence-electron chi connectivity index (χ3n) is 2.79. The van der Waals surface area contributed by atoms with Gasteiger partial charge in [-0.3, -0.25) is 9.11 Å². The highest BCUT2D eigenvalue weighted by Gasteiger charge is 2.24. The summed E-state index contributed by atoms with van der Waals surface area (Å²) in [5.74, 6) is -0.717. The summed E-state index contributed by atoms with van der Waals surface area (Å²) in [6, 6.07) is 4.58. The Balaban J connectivity index is 3.13. The van der Waals surface area contributed by atoms with Gasteiger partial charge in [-0.25, -0.2) is 0 Å². The Morgan fingerprint density at radius 3 is 1.75 bits per heavy atom. The van der Waals surface area contributed by atoms with Crippen molar-refractivity contribution in [2.75, 3.05) is 0 Å². The maximum atomic E-state index is 11.4. The lowest BCUT2D eigenvalue weighted by Gasteiger charge is -2.11. The van der Waals surface area contributed by atoms with Crippen molar-refractivity contribution in [1.82, 2.24) is 0 Å². The van der Waals surface area contributed by atoms with Crippen LogP contribution >= 0.6 is 0 Å². The number of rotatable bonds is 2. The lowest BCUT2D eigenvalue weighted by Crippen LogP contribution is -2.05. The van der Waals surface area contributed by atoms with Crippen LogP contribution in [-0.2, 0) is 20.2 Å². The van der Waals surface area contributed by atoms with Gasteiger partial charge in [-0.1, -0.05) is 12.1 Å². The minimum Gasteiger partial charge on any atom is -0.506 e. The lowest BCUT2D eigenvalue weighted by atomic mass is 10.1. The molecule has 0 bridgehead atoms. The second-order valence-electron chi connectivity index (χ2n) is 4.17. The molecule has 9 heteroatoms. The summed E-state index contributed by atoms with van der Waals surface area (Å²) >= 11 is 0. The van der Waals surface area contributed by atoms with Crippen molar-refractivity contribution in [3.63, 3.8) is 0 Å². The fourth-order valence-corrected chi connectivity index (χ4v) is 3.78. The van der Waals surface area contributed by atoms with Gasteiger partial charge in [-0.15, -0.1) is 0 Å². The number of fused-ring (bicyclic) bond motifs is 1. The van der Waals surface area contributed by atoms with E-state index in [1.807, 2.05) is 0 Å². The van der Waals surface area contributed by atoms with Gasteiger partial charge in [0.15, 0.2) is 0 Å². The van der Waals surface area contributed by atoms with Crippen LogP contribution in [0.5, 0.6) is 5.75 Å². The fraction of sp³-hybridized carbons (Fsp3) is 0.0909. The van der Waals surface area contributed by atoms with Gasteiger partial charge in [-0.05, 0) is 24.6 Å². The Hall–Kier alpha value is -1.68. The molecular weight excluding hydrogens is 308 g/mol. The third kappa shape index (κ3) is 2.36. The van der Waals surface area contributed by atoms with E-state index in [1.54, 1.807) is 0 Å². The molecule has 0 aliphatic carbocycles. The highest BCUT2D eigenvalue weighted by molar-refractivity contribution is 7.86. The standard InChI is InChI=1S/C11H10O7S2/c1-6-2-3-8-7(10(6)19(13,14)15)4-5-9(12)11(8)20(16,17)18/h2-5,12H,1H3,(H,13,14,15)(H,16,17,18). The SMILES string of the molecule is Cc1ccc2c(S(=O)(=O)O)c(O)ccc2c1S(=O)(=O)O. The van der Waals surface area contributed by atoms with Crippen LogP contribution in [0.2, 0.25) is 0 Å². The molecule has 0 amide bonds. The molecule has 0 spiro atoms. The van der Waals surface area contributed by atoms with E-state index in [1.165, 1.54) is 19.1 Å². The highest BCUT2D eigenvalue weighted by Crippen LogP contribution is 2.35. The highest BCUT2D eigenvalue weighted by atomic mass is 32.2. The summed E-state index contributed by atoms with van der Waals surface area (Å²) < 4.78 is 63.7. The normalized spacial score (nSPS) is 12.8. The minimum atomic E-state index is -4.76. The van der Waals surface area contributed by atoms with Crippen LogP contribution in [0.1, 0.15) is 5.56 Å². The Morgan fingerprint density at radius 1 is 0.800 bits per heavy atom. The van der Waals surface area contributed by atoms with Crippen LogP contribution in [0.4, 0.5) is 0 Å². The predicted octanol–water partition coefficient (Wildman–Crippen LogP) is 1.35. The van der Waals surface area contributed by atoms with E-state index in [2.05, 4.69) is 0 Å². The van der Waals surface area contributed by atoms with Gasteiger partial charge in [0.1, 0.15) is 15.5 Å². The monoisotopic (exact) mass is 318 g/mol. The molecule has 2 aromatic carbocycles. The van der Waals surface area contributed by atoms with Gasteiger partial charge < -0.3 is 5.11 Å². The van der Waals surface area contributed by atoms with Gasteiger partial charge in [0, 0.05) is 10.8 Å². The molecule has 7 nitrogen and oxygen atoms in total. The molecule has 0 heterocycles. The molecule has 0 aliphatic rings. The fourth-order valence-electron chi connectivity index (χ4n) is 2.06. The number of phenolic OH excluding ortho intramolecular Hbond substituents is 1. The number of phenols is 1. The number of aryl methyl sites for hydroxylation is 1. The number of hydrogen-bond donors (Lipinski definition) is 3. The van der Waals surface area contributed by atoms with Crippen molar-refractivity contribution in [3.8, 4) is 5.75 Å². The molecule has 0 fully saturated rings. The Bertz CT molecular complexity index is 834. The summed E-state index contributed by atoms with van der Waals surface area (Å²) in [4.78, 5) is -1.28. The first kappa shape index (κ1) is 14.7. The lowest BCUT2D eigenvalue weighted by molar-refractivity contribution is 0.445. The average molecular weight is 318 g/mol. The maximum absolute atomic E-state index is 11.4. The van der Waals surface area contributed by atoms with Gasteiger partial charge in [0.25, 0.3) is 20.2 Å². The zero-order valence-corrected chi connectivity index (χ0v) is 11.7. The van der Waals surface area contributed by atoms with Crippen LogP contribution in [0, 0.1) is 6.92 Å². The van der Waals surface area contributed by atoms with Crippen LogP contribution in [0.3, 0.4) is 0 Å². The van der Waals surface area contributed by atoms with Crippen molar-refractivity contribution < 1.29 is 31.0 Å². The molecule has 0 radical (unpaired) electrons. The molecule has 3 N–H and O–H groups in total. The van der Waals surface area contributed by atoms with Crippen LogP contribution in [0.15, 0.2) is 34.1 Å². The summed E-state index contributed by atoms with van der Waals surface area (Å²) in [6.45, 7) is 1.42. The minimum absolute atomic E-state index is 0.113. The van der Waals surface area contributed by atoms with Gasteiger partial charge in [-0.2, -0.15) is 16.8 Å². The molecule has 2 rings (SSSR count). The molecule has 0 atom stereocenters. The molecule has 0 aliphatic heterocycles. The zero-order valence-electron chi connectivity index (χ0n) is 10.1. The van der Waals surface area contributed by atoms with E-state index >= 15 is 0 Å². The smallest absolute Gasteiger partial charge is 0.298 e. The van der Waals surface area contributed by atoms with Crippen LogP contribution in [0.25, 0.3) is 10.8 Å². The van der Waals surface area contributed by atoms with Crippen LogP contribution < -0.4 is 0 Å². The molecule has 0 unspecified atom stereocenters. The second-order valence-corrected chi connectivity index (χ2v) is 6.89. The Kier molecular flexibility index (Phi) is 3.25. The van der Waals surface area contributed by atoms with Crippen molar-refractivity contribution in [2.45, 2.75) is 16.7 Å². The first-order chi connectivity index (χ1) is 9.03. The van der Waals surface area contributed by atoms with Crippen molar-refractivity contribution >= 4 is 31.0 Å². The molecule has 0 saturated carbocycles. The average Bonchev–Trinajstić information content (AvgIpc) is 2.25. The van der Waals surface area contributed by atoms with Gasteiger partial charge in [0.2, 0.25) is 0 Å². The summed E-state index contributed by atoms with van der Waals surface area (Å²) in [5, 5.41) is 9.24. The van der Waals surface area contributed by atoms with Gasteiger partial charge in [0.05, 0.1) is 0 Å². The number of hydrogen-bond acceptors (Lipinski definition) is 5. The summed E-state index contributed by atoms with van der Waals surface area (Å²) in [7, 11) is -9.35. The zero-order chi connectivity index (χ0) is 15.3. The molecule has 0 aromatic heterocycles. The summed E-state index contributed by atoms with van der Waals surface area (Å²) in [6.07, 6.45) is 0. The van der Waals surface area contributed by atoms with E-state index in [4.69, 9.17) is 4.55 Å². The van der Waals surface area contributed by atoms with E-state index in [0.717, 1.165) is 12.1 Å². The van der Waals surface area contributed by atoms with E-state index in [0.29, 0.717) is 0 Å². The topological polar surface area (TPSA) is 129 Å². The first-order valence-electron chi connectivity index (χ1n) is 5.24. The van der Waals surface area contributed by atoms with E-state index < -0.39 is 35.8 Å². The molecule has 2 aromatic rings. The largest absolute Gasteiger partial charge is 0.506 e. The predicted molar refractivity (Wildman–Crippen MR) is 70.0 cm³/mol. The Labute approximate surface area is 115 Å². The summed E-state index contributed by atoms with van der Waals surface area (Å²) in [5.41, 5.74) is 0.201. The molecule has 20 heavy (non-hydrogen) atoms. The van der Waals surface area contributed by atoms with E-state index in [-0.39, 0.29) is 16.3 Å². The molecule has 0 saturated heterocycles. The van der Waals surface area contributed by atoms with Crippen molar-refractivity contribution in [1.29, 1.82) is 0 Å². The maximum Gasteiger partial charge on any atom is 0.298 e. The second kappa shape index (κ2) is 4.42. The number of aromatic hydroxyl groups is 1. The Morgan fingerprint density at radius 2 is 1.25 bits per heavy atom. The van der Waals surface area contributed by atoms with Crippen LogP contribution in [-0.4, -0.2) is 31.0 Å². The number of benzene rings is 2. The van der Waals surface area contributed by atoms with Crippen molar-refractivity contribution in [2.24, 2.45) is 0 Å². The molecular formula is C11H10O7S2.